The molecule has 0 aromatic carbocycles. The van der Waals surface area contributed by atoms with Crippen molar-refractivity contribution in [3.05, 3.63) is 17.0 Å². The lowest BCUT2D eigenvalue weighted by atomic mass is 9.97. The number of rotatable bonds is 2. The first-order chi connectivity index (χ1) is 8.50. The molecule has 2 N–H and O–H groups in total. The van der Waals surface area contributed by atoms with Crippen molar-refractivity contribution in [2.24, 2.45) is 5.92 Å². The van der Waals surface area contributed by atoms with E-state index in [1.165, 1.54) is 0 Å². The quantitative estimate of drug-likeness (QED) is 0.819. The molecule has 0 bridgehead atoms. The molecule has 1 aromatic rings. The van der Waals surface area contributed by atoms with Crippen LogP contribution in [0.2, 0.25) is 0 Å². The number of carbonyl (C=O) groups is 2. The molecule has 0 radical (unpaired) electrons. The van der Waals surface area contributed by atoms with E-state index in [4.69, 9.17) is 5.11 Å². The maximum absolute atomic E-state index is 12.3. The number of aryl methyl sites for hydroxylation is 2. The molecular weight excluding hydrogens is 234 g/mol. The molecule has 0 saturated carbocycles. The van der Waals surface area contributed by atoms with Crippen molar-refractivity contribution in [1.82, 2.24) is 15.1 Å². The van der Waals surface area contributed by atoms with Gasteiger partial charge in [-0.25, -0.2) is 0 Å². The van der Waals surface area contributed by atoms with Gasteiger partial charge in [-0.1, -0.05) is 0 Å². The molecule has 2 heterocycles. The smallest absolute Gasteiger partial charge is 0.308 e. The van der Waals surface area contributed by atoms with Gasteiger partial charge in [0.15, 0.2) is 0 Å². The van der Waals surface area contributed by atoms with E-state index in [0.29, 0.717) is 24.2 Å². The molecule has 1 amide bonds. The minimum atomic E-state index is -0.826. The Morgan fingerprint density at radius 1 is 1.44 bits per heavy atom. The van der Waals surface area contributed by atoms with Gasteiger partial charge in [0.05, 0.1) is 17.2 Å². The van der Waals surface area contributed by atoms with Crippen LogP contribution in [0.25, 0.3) is 0 Å². The Kier molecular flexibility index (Phi) is 3.36. The van der Waals surface area contributed by atoms with Crippen molar-refractivity contribution < 1.29 is 14.7 Å². The van der Waals surface area contributed by atoms with E-state index in [0.717, 1.165) is 12.1 Å². The standard InChI is InChI=1S/C12H17N3O3/c1-7-10(8(2)14-13-7)11(16)15-5-3-4-9(6-15)12(17)18/h9H,3-6H2,1-2H3,(H,13,14)(H,17,18)/t9-/m0/s1. The van der Waals surface area contributed by atoms with Gasteiger partial charge in [0.25, 0.3) is 5.91 Å². The molecule has 0 spiro atoms. The summed E-state index contributed by atoms with van der Waals surface area (Å²) < 4.78 is 0. The number of aliphatic carboxylic acids is 1. The predicted molar refractivity (Wildman–Crippen MR) is 64.3 cm³/mol. The molecule has 18 heavy (non-hydrogen) atoms. The van der Waals surface area contributed by atoms with Gasteiger partial charge in [0.1, 0.15) is 0 Å². The first-order valence-electron chi connectivity index (χ1n) is 6.04. The van der Waals surface area contributed by atoms with Crippen LogP contribution < -0.4 is 0 Å². The van der Waals surface area contributed by atoms with Crippen molar-refractivity contribution in [3.63, 3.8) is 0 Å². The number of likely N-dealkylation sites (tertiary alicyclic amines) is 1. The van der Waals surface area contributed by atoms with Crippen molar-refractivity contribution in [3.8, 4) is 0 Å². The summed E-state index contributed by atoms with van der Waals surface area (Å²) in [6, 6.07) is 0. The van der Waals surface area contributed by atoms with E-state index in [-0.39, 0.29) is 12.5 Å². The second kappa shape index (κ2) is 4.80. The Balaban J connectivity index is 2.17. The van der Waals surface area contributed by atoms with Crippen LogP contribution in [-0.4, -0.2) is 45.2 Å². The summed E-state index contributed by atoms with van der Waals surface area (Å²) in [4.78, 5) is 24.9. The van der Waals surface area contributed by atoms with E-state index in [9.17, 15) is 9.59 Å². The Morgan fingerprint density at radius 2 is 2.17 bits per heavy atom. The highest BCUT2D eigenvalue weighted by molar-refractivity contribution is 5.96. The van der Waals surface area contributed by atoms with Crippen LogP contribution in [0.5, 0.6) is 0 Å². The third-order valence-corrected chi connectivity index (χ3v) is 3.40. The molecule has 1 aromatic heterocycles. The van der Waals surface area contributed by atoms with Crippen LogP contribution in [0, 0.1) is 19.8 Å². The normalized spacial score (nSPS) is 19.9. The number of H-pyrrole nitrogens is 1. The van der Waals surface area contributed by atoms with Crippen LogP contribution in [0.15, 0.2) is 0 Å². The lowest BCUT2D eigenvalue weighted by molar-refractivity contribution is -0.143. The zero-order valence-electron chi connectivity index (χ0n) is 10.6. The lowest BCUT2D eigenvalue weighted by Gasteiger charge is -2.30. The highest BCUT2D eigenvalue weighted by atomic mass is 16.4. The number of carboxylic acid groups (broad SMARTS) is 1. The van der Waals surface area contributed by atoms with Gasteiger partial charge in [-0.05, 0) is 26.7 Å². The first-order valence-corrected chi connectivity index (χ1v) is 6.04. The monoisotopic (exact) mass is 251 g/mol. The second-order valence-electron chi connectivity index (χ2n) is 4.74. The van der Waals surface area contributed by atoms with Gasteiger partial charge in [-0.15, -0.1) is 0 Å². The summed E-state index contributed by atoms with van der Waals surface area (Å²) in [5.41, 5.74) is 1.96. The number of hydrogen-bond acceptors (Lipinski definition) is 3. The molecule has 6 nitrogen and oxygen atoms in total. The molecule has 1 saturated heterocycles. The lowest BCUT2D eigenvalue weighted by Crippen LogP contribution is -2.42. The van der Waals surface area contributed by atoms with Crippen LogP contribution in [0.4, 0.5) is 0 Å². The molecule has 1 aliphatic rings. The first kappa shape index (κ1) is 12.6. The average Bonchev–Trinajstić information content (AvgIpc) is 2.68. The molecule has 6 heteroatoms. The number of hydrogen-bond donors (Lipinski definition) is 2. The predicted octanol–water partition coefficient (Wildman–Crippen LogP) is 0.963. The third kappa shape index (κ3) is 2.23. The van der Waals surface area contributed by atoms with Crippen molar-refractivity contribution in [2.75, 3.05) is 13.1 Å². The van der Waals surface area contributed by atoms with E-state index < -0.39 is 11.9 Å². The van der Waals surface area contributed by atoms with Gasteiger partial charge in [0.2, 0.25) is 0 Å². The molecule has 2 rings (SSSR count). The van der Waals surface area contributed by atoms with E-state index in [1.807, 2.05) is 0 Å². The Labute approximate surface area is 105 Å². The fraction of sp³-hybridized carbons (Fsp3) is 0.583. The largest absolute Gasteiger partial charge is 0.481 e. The van der Waals surface area contributed by atoms with Crippen LogP contribution in [0.3, 0.4) is 0 Å². The highest BCUT2D eigenvalue weighted by Crippen LogP contribution is 2.20. The Morgan fingerprint density at radius 3 is 2.72 bits per heavy atom. The number of carboxylic acids is 1. The fourth-order valence-electron chi connectivity index (χ4n) is 2.39. The van der Waals surface area contributed by atoms with Crippen LogP contribution >= 0.6 is 0 Å². The molecule has 0 aliphatic carbocycles. The van der Waals surface area contributed by atoms with Crippen molar-refractivity contribution >= 4 is 11.9 Å². The van der Waals surface area contributed by atoms with E-state index >= 15 is 0 Å². The number of piperidine rings is 1. The third-order valence-electron chi connectivity index (χ3n) is 3.40. The van der Waals surface area contributed by atoms with Crippen LogP contribution in [-0.2, 0) is 4.79 Å². The summed E-state index contributed by atoms with van der Waals surface area (Å²) in [7, 11) is 0. The van der Waals surface area contributed by atoms with Crippen LogP contribution in [0.1, 0.15) is 34.6 Å². The number of aromatic amines is 1. The Bertz CT molecular complexity index is 461. The number of aromatic nitrogens is 2. The van der Waals surface area contributed by atoms with Crippen molar-refractivity contribution in [1.29, 1.82) is 0 Å². The summed E-state index contributed by atoms with van der Waals surface area (Å²) in [5.74, 6) is -1.40. The van der Waals surface area contributed by atoms with Gasteiger partial charge in [-0.2, -0.15) is 5.10 Å². The van der Waals surface area contributed by atoms with Gasteiger partial charge in [0, 0.05) is 18.8 Å². The van der Waals surface area contributed by atoms with Crippen molar-refractivity contribution in [2.45, 2.75) is 26.7 Å². The number of carbonyl (C=O) groups excluding carboxylic acids is 1. The fourth-order valence-corrected chi connectivity index (χ4v) is 2.39. The van der Waals surface area contributed by atoms with Gasteiger partial charge in [-0.3, -0.25) is 14.7 Å². The number of amides is 1. The summed E-state index contributed by atoms with van der Waals surface area (Å²) in [6.45, 7) is 4.48. The molecule has 98 valence electrons. The van der Waals surface area contributed by atoms with Gasteiger partial charge >= 0.3 is 5.97 Å². The summed E-state index contributed by atoms with van der Waals surface area (Å²) >= 11 is 0. The molecule has 1 atom stereocenters. The Hall–Kier alpha value is -1.85. The molecule has 0 unspecified atom stereocenters. The maximum Gasteiger partial charge on any atom is 0.308 e. The SMILES string of the molecule is Cc1n[nH]c(C)c1C(=O)N1CCC[C@H](C(=O)O)C1. The topological polar surface area (TPSA) is 86.3 Å². The zero-order chi connectivity index (χ0) is 13.3. The van der Waals surface area contributed by atoms with E-state index in [2.05, 4.69) is 10.2 Å². The minimum Gasteiger partial charge on any atom is -0.481 e. The number of nitrogens with zero attached hydrogens (tertiary/aromatic N) is 2. The highest BCUT2D eigenvalue weighted by Gasteiger charge is 2.30. The molecule has 1 fully saturated rings. The van der Waals surface area contributed by atoms with Gasteiger partial charge < -0.3 is 10.0 Å². The molecule has 1 aliphatic heterocycles. The second-order valence-corrected chi connectivity index (χ2v) is 4.74. The molecular formula is C12H17N3O3. The maximum atomic E-state index is 12.3. The summed E-state index contributed by atoms with van der Waals surface area (Å²) in [5, 5.41) is 15.8. The number of nitrogens with one attached hydrogen (secondary N) is 1. The van der Waals surface area contributed by atoms with E-state index in [1.54, 1.807) is 18.7 Å². The minimum absolute atomic E-state index is 0.121. The average molecular weight is 251 g/mol. The zero-order valence-corrected chi connectivity index (χ0v) is 10.6. The summed E-state index contributed by atoms with van der Waals surface area (Å²) in [6.07, 6.45) is 1.38.